The van der Waals surface area contributed by atoms with Gasteiger partial charge in [0.25, 0.3) is 0 Å². The Bertz CT molecular complexity index is 1080. The molecule has 2 heterocycles. The van der Waals surface area contributed by atoms with Gasteiger partial charge in [-0.25, -0.2) is 14.6 Å². The highest BCUT2D eigenvalue weighted by Gasteiger charge is 2.19. The molecule has 0 fully saturated rings. The molecular formula is C17H13N7O2. The summed E-state index contributed by atoms with van der Waals surface area (Å²) < 4.78 is 4.70. The predicted molar refractivity (Wildman–Crippen MR) is 95.1 cm³/mol. The van der Waals surface area contributed by atoms with Crippen LogP contribution in [0.5, 0.6) is 5.75 Å². The molecule has 0 saturated heterocycles. The van der Waals surface area contributed by atoms with Crippen LogP contribution >= 0.6 is 0 Å². The van der Waals surface area contributed by atoms with Crippen LogP contribution in [0.4, 0.5) is 11.5 Å². The minimum Gasteiger partial charge on any atom is -0.508 e. The largest absolute Gasteiger partial charge is 0.508 e. The van der Waals surface area contributed by atoms with Crippen molar-refractivity contribution in [2.45, 2.75) is 0 Å². The van der Waals surface area contributed by atoms with Crippen molar-refractivity contribution >= 4 is 28.5 Å². The van der Waals surface area contributed by atoms with E-state index in [0.29, 0.717) is 22.8 Å². The Morgan fingerprint density at radius 3 is 2.35 bits per heavy atom. The summed E-state index contributed by atoms with van der Waals surface area (Å²) in [6.07, 6.45) is 0. The molecule has 0 spiro atoms. The van der Waals surface area contributed by atoms with Crippen molar-refractivity contribution < 1.29 is 9.74 Å². The molecule has 0 aliphatic rings. The van der Waals surface area contributed by atoms with Crippen molar-refractivity contribution in [1.29, 1.82) is 0 Å². The molecular weight excluding hydrogens is 334 g/mol. The molecule has 0 radical (unpaired) electrons. The highest BCUT2D eigenvalue weighted by atomic mass is 16.6. The molecule has 4 N–H and O–H groups in total. The maximum atomic E-state index is 9.50. The van der Waals surface area contributed by atoms with Gasteiger partial charge in [-0.2, -0.15) is 5.10 Å². The number of aromatic hydroxyl groups is 1. The molecule has 0 aliphatic heterocycles. The molecule has 2 aromatic carbocycles. The third-order valence-electron chi connectivity index (χ3n) is 3.64. The number of nitrogens with two attached hydrogens (primary N) is 1. The fraction of sp³-hybridized carbons (Fsp3) is 0. The Balaban J connectivity index is 1.86. The van der Waals surface area contributed by atoms with E-state index in [1.165, 1.54) is 12.1 Å². The van der Waals surface area contributed by atoms with Crippen LogP contribution < -0.4 is 11.2 Å². The number of benzene rings is 2. The lowest BCUT2D eigenvalue weighted by Crippen LogP contribution is -2.13. The molecule has 0 bridgehead atoms. The molecule has 0 saturated carbocycles. The summed E-state index contributed by atoms with van der Waals surface area (Å²) in [4.78, 5) is 8.85. The number of aromatic nitrogens is 4. The standard InChI is InChI=1S/C17H13N7O2/c18-22-13(10-6-8-12(25)9-7-10)14-15(19-11-4-2-1-3-5-11)21-17-16(20-14)23-26-24-17/h1-9,25H,18H2,(H,19,21,24). The van der Waals surface area contributed by atoms with Gasteiger partial charge in [0.1, 0.15) is 17.2 Å². The number of phenolic OH excluding ortho intramolecular Hbond substituents is 1. The lowest BCUT2D eigenvalue weighted by atomic mass is 10.1. The van der Waals surface area contributed by atoms with Gasteiger partial charge in [0, 0.05) is 11.3 Å². The molecule has 26 heavy (non-hydrogen) atoms. The van der Waals surface area contributed by atoms with Gasteiger partial charge in [0.15, 0.2) is 5.82 Å². The molecule has 2 aromatic heterocycles. The van der Waals surface area contributed by atoms with Crippen molar-refractivity contribution in [1.82, 2.24) is 20.3 Å². The Morgan fingerprint density at radius 1 is 0.962 bits per heavy atom. The van der Waals surface area contributed by atoms with Gasteiger partial charge in [-0.15, -0.1) is 0 Å². The van der Waals surface area contributed by atoms with Gasteiger partial charge < -0.3 is 16.3 Å². The van der Waals surface area contributed by atoms with Crippen LogP contribution in [0.15, 0.2) is 64.3 Å². The molecule has 0 amide bonds. The maximum Gasteiger partial charge on any atom is 0.245 e. The van der Waals surface area contributed by atoms with E-state index in [2.05, 4.69) is 30.7 Å². The van der Waals surface area contributed by atoms with E-state index >= 15 is 0 Å². The molecule has 4 aromatic rings. The summed E-state index contributed by atoms with van der Waals surface area (Å²) in [7, 11) is 0. The number of nitrogens with one attached hydrogen (secondary N) is 1. The molecule has 9 heteroatoms. The third kappa shape index (κ3) is 2.88. The third-order valence-corrected chi connectivity index (χ3v) is 3.64. The fourth-order valence-corrected chi connectivity index (χ4v) is 2.44. The van der Waals surface area contributed by atoms with Crippen molar-refractivity contribution in [3.05, 3.63) is 65.9 Å². The van der Waals surface area contributed by atoms with Crippen LogP contribution in [-0.4, -0.2) is 31.1 Å². The number of rotatable bonds is 4. The maximum absolute atomic E-state index is 9.50. The molecule has 0 atom stereocenters. The average molecular weight is 347 g/mol. The zero-order valence-corrected chi connectivity index (χ0v) is 13.4. The number of anilines is 2. The first kappa shape index (κ1) is 15.5. The van der Waals surface area contributed by atoms with E-state index in [9.17, 15) is 5.11 Å². The first-order chi connectivity index (χ1) is 12.7. The zero-order chi connectivity index (χ0) is 17.9. The SMILES string of the molecule is NN=C(c1ccc(O)cc1)c1nc2nonc2nc1Nc1ccccc1. The Kier molecular flexibility index (Phi) is 3.86. The first-order valence-electron chi connectivity index (χ1n) is 7.64. The number of para-hydroxylation sites is 1. The van der Waals surface area contributed by atoms with Crippen LogP contribution in [0.1, 0.15) is 11.3 Å². The quantitative estimate of drug-likeness (QED) is 0.290. The molecule has 128 valence electrons. The Hall–Kier alpha value is -4.01. The number of fused-ring (bicyclic) bond motifs is 1. The summed E-state index contributed by atoms with van der Waals surface area (Å²) in [6, 6.07) is 15.9. The number of hydrazone groups is 1. The van der Waals surface area contributed by atoms with Crippen LogP contribution in [0.3, 0.4) is 0 Å². The lowest BCUT2D eigenvalue weighted by molar-refractivity contribution is 0.314. The first-order valence-corrected chi connectivity index (χ1v) is 7.64. The van der Waals surface area contributed by atoms with Gasteiger partial charge in [0.2, 0.25) is 11.3 Å². The lowest BCUT2D eigenvalue weighted by Gasteiger charge is -2.11. The molecule has 0 unspecified atom stereocenters. The topological polar surface area (TPSA) is 135 Å². The average Bonchev–Trinajstić information content (AvgIpc) is 3.12. The van der Waals surface area contributed by atoms with E-state index in [0.717, 1.165) is 5.69 Å². The normalized spacial score (nSPS) is 11.6. The Labute approximate surface area is 147 Å². The highest BCUT2D eigenvalue weighted by Crippen LogP contribution is 2.23. The van der Waals surface area contributed by atoms with Crippen LogP contribution in [0.25, 0.3) is 11.3 Å². The van der Waals surface area contributed by atoms with Crippen LogP contribution in [-0.2, 0) is 0 Å². The minimum atomic E-state index is 0.134. The smallest absolute Gasteiger partial charge is 0.245 e. The highest BCUT2D eigenvalue weighted by molar-refractivity contribution is 6.14. The fourth-order valence-electron chi connectivity index (χ4n) is 2.44. The van der Waals surface area contributed by atoms with Crippen molar-refractivity contribution in [2.75, 3.05) is 5.32 Å². The number of hydrogen-bond donors (Lipinski definition) is 3. The van der Waals surface area contributed by atoms with Crippen molar-refractivity contribution in [2.24, 2.45) is 10.9 Å². The second-order valence-corrected chi connectivity index (χ2v) is 5.35. The second kappa shape index (κ2) is 6.48. The number of hydrogen-bond acceptors (Lipinski definition) is 9. The van der Waals surface area contributed by atoms with Gasteiger partial charge in [-0.05, 0) is 46.7 Å². The van der Waals surface area contributed by atoms with Crippen LogP contribution in [0.2, 0.25) is 0 Å². The second-order valence-electron chi connectivity index (χ2n) is 5.35. The predicted octanol–water partition coefficient (Wildman–Crippen LogP) is 2.17. The van der Waals surface area contributed by atoms with E-state index in [4.69, 9.17) is 10.5 Å². The summed E-state index contributed by atoms with van der Waals surface area (Å²) in [5, 5.41) is 24.0. The molecule has 9 nitrogen and oxygen atoms in total. The summed E-state index contributed by atoms with van der Waals surface area (Å²) in [5.74, 6) is 6.16. The summed E-state index contributed by atoms with van der Waals surface area (Å²) in [5.41, 5.74) is 2.71. The Morgan fingerprint density at radius 2 is 1.65 bits per heavy atom. The van der Waals surface area contributed by atoms with Crippen LogP contribution in [0, 0.1) is 0 Å². The van der Waals surface area contributed by atoms with E-state index in [1.807, 2.05) is 30.3 Å². The van der Waals surface area contributed by atoms with Gasteiger partial charge in [-0.3, -0.25) is 0 Å². The van der Waals surface area contributed by atoms with Crippen molar-refractivity contribution in [3.8, 4) is 5.75 Å². The number of phenols is 1. The van der Waals surface area contributed by atoms with Crippen molar-refractivity contribution in [3.63, 3.8) is 0 Å². The molecule has 0 aliphatic carbocycles. The minimum absolute atomic E-state index is 0.134. The summed E-state index contributed by atoms with van der Waals surface area (Å²) >= 11 is 0. The summed E-state index contributed by atoms with van der Waals surface area (Å²) in [6.45, 7) is 0. The zero-order valence-electron chi connectivity index (χ0n) is 13.4. The van der Waals surface area contributed by atoms with Gasteiger partial charge in [-0.1, -0.05) is 18.2 Å². The van der Waals surface area contributed by atoms with E-state index in [1.54, 1.807) is 12.1 Å². The van der Waals surface area contributed by atoms with Gasteiger partial charge in [0.05, 0.1) is 0 Å². The monoisotopic (exact) mass is 347 g/mol. The van der Waals surface area contributed by atoms with E-state index in [-0.39, 0.29) is 17.0 Å². The molecule has 4 rings (SSSR count). The van der Waals surface area contributed by atoms with Gasteiger partial charge >= 0.3 is 0 Å². The number of nitrogens with zero attached hydrogens (tertiary/aromatic N) is 5. The van der Waals surface area contributed by atoms with E-state index < -0.39 is 0 Å².